The van der Waals surface area contributed by atoms with Crippen LogP contribution in [-0.4, -0.2) is 18.0 Å². The molecule has 0 spiro atoms. The summed E-state index contributed by atoms with van der Waals surface area (Å²) in [5.41, 5.74) is 1.46. The lowest BCUT2D eigenvalue weighted by Crippen LogP contribution is -2.29. The molecule has 2 rings (SSSR count). The highest BCUT2D eigenvalue weighted by Gasteiger charge is 2.16. The molecule has 2 aromatic rings. The molecule has 0 aliphatic carbocycles. The lowest BCUT2D eigenvalue weighted by atomic mass is 10.2. The van der Waals surface area contributed by atoms with Gasteiger partial charge in [0.1, 0.15) is 0 Å². The number of amides is 1. The minimum Gasteiger partial charge on any atom is -0.449 e. The Labute approximate surface area is 160 Å². The van der Waals surface area contributed by atoms with Crippen LogP contribution in [0.15, 0.2) is 48.5 Å². The number of hydrogen-bond donors (Lipinski definition) is 1. The number of benzene rings is 2. The van der Waals surface area contributed by atoms with Crippen LogP contribution < -0.4 is 5.32 Å². The summed E-state index contributed by atoms with van der Waals surface area (Å²) in [5, 5.41) is 12.1. The smallest absolute Gasteiger partial charge is 0.331 e. The van der Waals surface area contributed by atoms with Crippen molar-refractivity contribution in [1.82, 2.24) is 0 Å². The number of carbonyl (C=O) groups is 2. The number of nitrogens with zero attached hydrogens (tertiary/aromatic N) is 1. The largest absolute Gasteiger partial charge is 0.449 e. The van der Waals surface area contributed by atoms with E-state index in [1.807, 2.05) is 6.07 Å². The highest BCUT2D eigenvalue weighted by molar-refractivity contribution is 6.37. The van der Waals surface area contributed by atoms with E-state index < -0.39 is 18.0 Å². The van der Waals surface area contributed by atoms with Gasteiger partial charge in [0.05, 0.1) is 11.6 Å². The highest BCUT2D eigenvalue weighted by atomic mass is 35.5. The Bertz CT molecular complexity index is 866. The first-order chi connectivity index (χ1) is 12.4. The summed E-state index contributed by atoms with van der Waals surface area (Å²) in [6.45, 7) is 1.45. The van der Waals surface area contributed by atoms with Crippen molar-refractivity contribution in [2.45, 2.75) is 13.0 Å². The fourth-order valence-electron chi connectivity index (χ4n) is 1.96. The van der Waals surface area contributed by atoms with Gasteiger partial charge in [-0.3, -0.25) is 4.79 Å². The van der Waals surface area contributed by atoms with Gasteiger partial charge in [-0.25, -0.2) is 4.79 Å². The van der Waals surface area contributed by atoms with E-state index >= 15 is 0 Å². The first-order valence-corrected chi connectivity index (χ1v) is 8.30. The lowest BCUT2D eigenvalue weighted by molar-refractivity contribution is -0.148. The number of anilines is 1. The number of hydrogen-bond acceptors (Lipinski definition) is 4. The number of nitrogens with one attached hydrogen (secondary N) is 1. The molecule has 0 heterocycles. The third-order valence-corrected chi connectivity index (χ3v) is 3.99. The summed E-state index contributed by atoms with van der Waals surface area (Å²) in [5.74, 6) is -1.20. The zero-order valence-corrected chi connectivity index (χ0v) is 15.2. The molecule has 0 aliphatic heterocycles. The number of carbonyl (C=O) groups excluding carboxylic acids is 2. The van der Waals surface area contributed by atoms with Gasteiger partial charge in [-0.2, -0.15) is 5.26 Å². The molecule has 0 saturated heterocycles. The van der Waals surface area contributed by atoms with Gasteiger partial charge < -0.3 is 10.1 Å². The minimum absolute atomic E-state index is 0.396. The number of nitriles is 1. The second-order valence-corrected chi connectivity index (χ2v) is 6.04. The number of ether oxygens (including phenoxy) is 1. The van der Waals surface area contributed by atoms with Crippen molar-refractivity contribution >= 4 is 46.8 Å². The normalized spacial score (nSPS) is 11.6. The molecular formula is C19H14Cl2N2O3. The van der Waals surface area contributed by atoms with Gasteiger partial charge >= 0.3 is 5.97 Å². The molecule has 5 nitrogen and oxygen atoms in total. The maximum atomic E-state index is 12.1. The van der Waals surface area contributed by atoms with E-state index in [9.17, 15) is 9.59 Å². The molecule has 26 heavy (non-hydrogen) atoms. The second-order valence-electron chi connectivity index (χ2n) is 5.23. The fraction of sp³-hybridized carbons (Fsp3) is 0.105. The summed E-state index contributed by atoms with van der Waals surface area (Å²) >= 11 is 12.0. The SMILES string of the molecule is C[C@@H](OC(=O)/C=C/c1c(Cl)cccc1Cl)C(=O)Nc1ccc(C#N)cc1. The topological polar surface area (TPSA) is 79.2 Å². The van der Waals surface area contributed by atoms with Crippen LogP contribution in [0.3, 0.4) is 0 Å². The maximum Gasteiger partial charge on any atom is 0.331 e. The molecule has 2 aromatic carbocycles. The fourth-order valence-corrected chi connectivity index (χ4v) is 2.48. The zero-order valence-electron chi connectivity index (χ0n) is 13.7. The van der Waals surface area contributed by atoms with E-state index in [4.69, 9.17) is 33.2 Å². The number of rotatable bonds is 5. The van der Waals surface area contributed by atoms with Gasteiger partial charge in [-0.1, -0.05) is 29.3 Å². The predicted octanol–water partition coefficient (Wildman–Crippen LogP) is 4.45. The summed E-state index contributed by atoms with van der Waals surface area (Å²) < 4.78 is 5.05. The molecule has 0 fully saturated rings. The van der Waals surface area contributed by atoms with Crippen LogP contribution >= 0.6 is 23.2 Å². The standard InChI is InChI=1S/C19H14Cl2N2O3/c1-12(19(25)23-14-7-5-13(11-22)6-8-14)26-18(24)10-9-15-16(20)3-2-4-17(15)21/h2-10,12H,1H3,(H,23,25)/b10-9+/t12-/m1/s1. The van der Waals surface area contributed by atoms with Gasteiger partial charge in [-0.15, -0.1) is 0 Å². The minimum atomic E-state index is -1.01. The second kappa shape index (κ2) is 9.04. The van der Waals surface area contributed by atoms with Crippen LogP contribution in [0.2, 0.25) is 10.0 Å². The van der Waals surface area contributed by atoms with Crippen molar-refractivity contribution in [2.75, 3.05) is 5.32 Å². The average molecular weight is 389 g/mol. The molecule has 0 bridgehead atoms. The van der Waals surface area contributed by atoms with E-state index in [1.165, 1.54) is 13.0 Å². The van der Waals surface area contributed by atoms with Crippen LogP contribution in [0, 0.1) is 11.3 Å². The van der Waals surface area contributed by atoms with Crippen molar-refractivity contribution in [3.05, 3.63) is 69.7 Å². The molecule has 0 aliphatic rings. The van der Waals surface area contributed by atoms with E-state index in [0.29, 0.717) is 26.9 Å². The third-order valence-electron chi connectivity index (χ3n) is 3.33. The number of halogens is 2. The lowest BCUT2D eigenvalue weighted by Gasteiger charge is -2.12. The Morgan fingerprint density at radius 1 is 1.15 bits per heavy atom. The van der Waals surface area contributed by atoms with Crippen molar-refractivity contribution in [3.63, 3.8) is 0 Å². The van der Waals surface area contributed by atoms with E-state index in [-0.39, 0.29) is 0 Å². The molecule has 7 heteroatoms. The molecule has 0 unspecified atom stereocenters. The Balaban J connectivity index is 1.94. The highest BCUT2D eigenvalue weighted by Crippen LogP contribution is 2.25. The first-order valence-electron chi connectivity index (χ1n) is 7.54. The molecule has 1 amide bonds. The van der Waals surface area contributed by atoms with E-state index in [0.717, 1.165) is 6.08 Å². The maximum absolute atomic E-state index is 12.1. The number of esters is 1. The van der Waals surface area contributed by atoms with Gasteiger partial charge in [0, 0.05) is 27.4 Å². The van der Waals surface area contributed by atoms with Crippen LogP contribution in [0.25, 0.3) is 6.08 Å². The first kappa shape index (κ1) is 19.5. The van der Waals surface area contributed by atoms with Crippen LogP contribution in [0.5, 0.6) is 0 Å². The Morgan fingerprint density at radius 2 is 1.77 bits per heavy atom. The molecule has 0 aromatic heterocycles. The predicted molar refractivity (Wildman–Crippen MR) is 101 cm³/mol. The third kappa shape index (κ3) is 5.35. The van der Waals surface area contributed by atoms with E-state index in [2.05, 4.69) is 5.32 Å². The van der Waals surface area contributed by atoms with Crippen molar-refractivity contribution in [2.24, 2.45) is 0 Å². The van der Waals surface area contributed by atoms with Crippen LogP contribution in [-0.2, 0) is 14.3 Å². The van der Waals surface area contributed by atoms with Crippen molar-refractivity contribution in [3.8, 4) is 6.07 Å². The van der Waals surface area contributed by atoms with Crippen molar-refractivity contribution in [1.29, 1.82) is 5.26 Å². The van der Waals surface area contributed by atoms with Gasteiger partial charge in [-0.05, 0) is 49.4 Å². The van der Waals surface area contributed by atoms with Crippen LogP contribution in [0.4, 0.5) is 5.69 Å². The summed E-state index contributed by atoms with van der Waals surface area (Å²) in [7, 11) is 0. The molecule has 1 N–H and O–H groups in total. The Kier molecular flexibility index (Phi) is 6.79. The molecule has 0 saturated carbocycles. The molecule has 132 valence electrons. The molecular weight excluding hydrogens is 375 g/mol. The summed E-state index contributed by atoms with van der Waals surface area (Å²) in [6, 6.07) is 13.3. The van der Waals surface area contributed by atoms with Gasteiger partial charge in [0.2, 0.25) is 0 Å². The monoisotopic (exact) mass is 388 g/mol. The molecule has 1 atom stereocenters. The van der Waals surface area contributed by atoms with Gasteiger partial charge in [0.25, 0.3) is 5.91 Å². The van der Waals surface area contributed by atoms with E-state index in [1.54, 1.807) is 42.5 Å². The summed E-state index contributed by atoms with van der Waals surface area (Å²) in [4.78, 5) is 23.9. The van der Waals surface area contributed by atoms with Crippen LogP contribution in [0.1, 0.15) is 18.1 Å². The zero-order chi connectivity index (χ0) is 19.1. The molecule has 0 radical (unpaired) electrons. The Hall–Kier alpha value is -2.81. The summed E-state index contributed by atoms with van der Waals surface area (Å²) in [6.07, 6.45) is 1.57. The average Bonchev–Trinajstić information content (AvgIpc) is 2.61. The van der Waals surface area contributed by atoms with Crippen molar-refractivity contribution < 1.29 is 14.3 Å². The Morgan fingerprint density at radius 3 is 2.35 bits per heavy atom. The quantitative estimate of drug-likeness (QED) is 0.605. The van der Waals surface area contributed by atoms with Gasteiger partial charge in [0.15, 0.2) is 6.10 Å².